The highest BCUT2D eigenvalue weighted by Crippen LogP contribution is 2.40. The molecule has 0 saturated carbocycles. The minimum absolute atomic E-state index is 0.0640. The number of benzene rings is 1. The minimum Gasteiger partial charge on any atom is -0.496 e. The van der Waals surface area contributed by atoms with Gasteiger partial charge in [-0.25, -0.2) is 0 Å². The van der Waals surface area contributed by atoms with Crippen LogP contribution in [0, 0.1) is 5.92 Å². The Morgan fingerprint density at radius 1 is 1.15 bits per heavy atom. The molecule has 1 fully saturated rings. The Morgan fingerprint density at radius 3 is 2.25 bits per heavy atom. The fourth-order valence-corrected chi connectivity index (χ4v) is 2.49. The van der Waals surface area contributed by atoms with E-state index < -0.39 is 5.97 Å². The Balaban J connectivity index is 2.33. The third-order valence-corrected chi connectivity index (χ3v) is 3.59. The Kier molecular flexibility index (Phi) is 4.34. The number of rotatable bonds is 5. The maximum absolute atomic E-state index is 11.0. The molecular formula is C14H19NO5. The number of hydrogen-bond acceptors (Lipinski definition) is 5. The van der Waals surface area contributed by atoms with Gasteiger partial charge in [0.15, 0.2) is 11.5 Å². The number of carboxylic acid groups (broad SMARTS) is 1. The molecule has 2 unspecified atom stereocenters. The van der Waals surface area contributed by atoms with Crippen LogP contribution in [0.3, 0.4) is 0 Å². The first-order valence-electron chi connectivity index (χ1n) is 6.36. The van der Waals surface area contributed by atoms with Gasteiger partial charge in [0, 0.05) is 24.2 Å². The summed E-state index contributed by atoms with van der Waals surface area (Å²) in [5.74, 6) is 0.688. The summed E-state index contributed by atoms with van der Waals surface area (Å²) >= 11 is 0. The molecule has 0 radical (unpaired) electrons. The number of hydrogen-bond donors (Lipinski definition) is 2. The maximum atomic E-state index is 11.0. The molecule has 110 valence electrons. The first-order valence-corrected chi connectivity index (χ1v) is 6.36. The van der Waals surface area contributed by atoms with Gasteiger partial charge in [0.05, 0.1) is 27.2 Å². The van der Waals surface area contributed by atoms with Gasteiger partial charge in [-0.15, -0.1) is 0 Å². The fourth-order valence-electron chi connectivity index (χ4n) is 2.49. The van der Waals surface area contributed by atoms with E-state index in [4.69, 9.17) is 19.3 Å². The number of ether oxygens (including phenoxy) is 3. The Hall–Kier alpha value is -1.95. The van der Waals surface area contributed by atoms with Crippen molar-refractivity contribution in [1.29, 1.82) is 0 Å². The van der Waals surface area contributed by atoms with Gasteiger partial charge in [-0.2, -0.15) is 0 Å². The predicted octanol–water partition coefficient (Wildman–Crippen LogP) is 1.45. The molecule has 2 N–H and O–H groups in total. The summed E-state index contributed by atoms with van der Waals surface area (Å²) in [4.78, 5) is 11.0. The quantitative estimate of drug-likeness (QED) is 0.850. The summed E-state index contributed by atoms with van der Waals surface area (Å²) in [7, 11) is 4.70. The van der Waals surface area contributed by atoms with Crippen molar-refractivity contribution in [3.05, 3.63) is 17.7 Å². The van der Waals surface area contributed by atoms with E-state index in [0.717, 1.165) is 5.56 Å². The zero-order valence-electron chi connectivity index (χ0n) is 11.8. The van der Waals surface area contributed by atoms with Crippen molar-refractivity contribution in [2.45, 2.75) is 12.5 Å². The minimum atomic E-state index is -0.778. The summed E-state index contributed by atoms with van der Waals surface area (Å²) in [5.41, 5.74) is 0.883. The van der Waals surface area contributed by atoms with Crippen molar-refractivity contribution in [3.63, 3.8) is 0 Å². The van der Waals surface area contributed by atoms with Crippen molar-refractivity contribution in [2.24, 2.45) is 5.92 Å². The van der Waals surface area contributed by atoms with E-state index in [1.165, 1.54) is 0 Å². The molecule has 6 nitrogen and oxygen atoms in total. The molecule has 2 atom stereocenters. The van der Waals surface area contributed by atoms with Gasteiger partial charge in [-0.3, -0.25) is 4.79 Å². The molecule has 1 aliphatic heterocycles. The van der Waals surface area contributed by atoms with Gasteiger partial charge in [0.1, 0.15) is 5.75 Å². The van der Waals surface area contributed by atoms with Crippen LogP contribution in [0.1, 0.15) is 18.0 Å². The Labute approximate surface area is 117 Å². The normalized spacial score (nSPS) is 21.6. The summed E-state index contributed by atoms with van der Waals surface area (Å²) in [5, 5.41) is 12.3. The van der Waals surface area contributed by atoms with Crippen molar-refractivity contribution < 1.29 is 24.1 Å². The van der Waals surface area contributed by atoms with E-state index in [-0.39, 0.29) is 12.0 Å². The first kappa shape index (κ1) is 14.5. The van der Waals surface area contributed by atoms with Crippen LogP contribution in [-0.4, -0.2) is 38.9 Å². The monoisotopic (exact) mass is 281 g/mol. The van der Waals surface area contributed by atoms with Crippen LogP contribution < -0.4 is 19.5 Å². The highest BCUT2D eigenvalue weighted by molar-refractivity contribution is 5.71. The molecule has 0 spiro atoms. The van der Waals surface area contributed by atoms with Crippen molar-refractivity contribution >= 4 is 5.97 Å². The molecule has 0 bridgehead atoms. The lowest BCUT2D eigenvalue weighted by Crippen LogP contribution is -2.17. The third kappa shape index (κ3) is 2.65. The van der Waals surface area contributed by atoms with Crippen LogP contribution in [0.4, 0.5) is 0 Å². The first-order chi connectivity index (χ1) is 9.60. The average Bonchev–Trinajstić information content (AvgIpc) is 2.95. The largest absolute Gasteiger partial charge is 0.496 e. The molecule has 6 heteroatoms. The van der Waals surface area contributed by atoms with E-state index in [1.807, 2.05) is 6.07 Å². The summed E-state index contributed by atoms with van der Waals surface area (Å²) in [6, 6.07) is 3.52. The van der Waals surface area contributed by atoms with Crippen LogP contribution >= 0.6 is 0 Å². The molecule has 1 heterocycles. The summed E-state index contributed by atoms with van der Waals surface area (Å²) in [6.07, 6.45) is 0.529. The third-order valence-electron chi connectivity index (χ3n) is 3.59. The van der Waals surface area contributed by atoms with Gasteiger partial charge >= 0.3 is 5.97 Å². The molecule has 0 amide bonds. The fraction of sp³-hybridized carbons (Fsp3) is 0.500. The Bertz CT molecular complexity index is 503. The average molecular weight is 281 g/mol. The number of carbonyl (C=O) groups is 1. The van der Waals surface area contributed by atoms with Crippen molar-refractivity contribution in [3.8, 4) is 17.2 Å². The Morgan fingerprint density at radius 2 is 1.75 bits per heavy atom. The molecule has 1 aliphatic rings. The second kappa shape index (κ2) is 6.00. The lowest BCUT2D eigenvalue weighted by molar-refractivity contribution is -0.141. The molecule has 1 saturated heterocycles. The molecular weight excluding hydrogens is 262 g/mol. The lowest BCUT2D eigenvalue weighted by atomic mass is 9.99. The topological polar surface area (TPSA) is 77.0 Å². The van der Waals surface area contributed by atoms with E-state index in [0.29, 0.717) is 30.2 Å². The van der Waals surface area contributed by atoms with Crippen molar-refractivity contribution in [2.75, 3.05) is 27.9 Å². The summed E-state index contributed by atoms with van der Waals surface area (Å²) in [6.45, 7) is 0.456. The predicted molar refractivity (Wildman–Crippen MR) is 72.6 cm³/mol. The van der Waals surface area contributed by atoms with Crippen LogP contribution in [-0.2, 0) is 4.79 Å². The molecule has 1 aromatic rings. The van der Waals surface area contributed by atoms with Gasteiger partial charge in [-0.1, -0.05) is 0 Å². The van der Waals surface area contributed by atoms with Crippen LogP contribution in [0.15, 0.2) is 12.1 Å². The van der Waals surface area contributed by atoms with Crippen molar-refractivity contribution in [1.82, 2.24) is 5.32 Å². The summed E-state index contributed by atoms with van der Waals surface area (Å²) < 4.78 is 15.9. The number of methoxy groups -OCH3 is 3. The van der Waals surface area contributed by atoms with E-state index >= 15 is 0 Å². The SMILES string of the molecule is COc1cc(OC)c(C2CC(C(=O)O)CN2)cc1OC. The molecule has 20 heavy (non-hydrogen) atoms. The number of carboxylic acids is 1. The zero-order chi connectivity index (χ0) is 14.7. The number of nitrogens with one attached hydrogen (secondary N) is 1. The van der Waals surface area contributed by atoms with E-state index in [1.54, 1.807) is 27.4 Å². The highest BCUT2D eigenvalue weighted by Gasteiger charge is 2.32. The highest BCUT2D eigenvalue weighted by atomic mass is 16.5. The molecule has 1 aromatic carbocycles. The van der Waals surface area contributed by atoms with Crippen LogP contribution in [0.25, 0.3) is 0 Å². The second-order valence-corrected chi connectivity index (χ2v) is 4.68. The van der Waals surface area contributed by atoms with Crippen LogP contribution in [0.5, 0.6) is 17.2 Å². The second-order valence-electron chi connectivity index (χ2n) is 4.68. The lowest BCUT2D eigenvalue weighted by Gasteiger charge is -2.18. The van der Waals surface area contributed by atoms with Crippen LogP contribution in [0.2, 0.25) is 0 Å². The molecule has 2 rings (SSSR count). The molecule has 0 aliphatic carbocycles. The van der Waals surface area contributed by atoms with E-state index in [2.05, 4.69) is 5.32 Å². The number of aliphatic carboxylic acids is 1. The smallest absolute Gasteiger partial charge is 0.307 e. The molecule has 0 aromatic heterocycles. The maximum Gasteiger partial charge on any atom is 0.307 e. The van der Waals surface area contributed by atoms with E-state index in [9.17, 15) is 4.79 Å². The van der Waals surface area contributed by atoms with Gasteiger partial charge in [-0.05, 0) is 12.5 Å². The zero-order valence-corrected chi connectivity index (χ0v) is 11.8. The van der Waals surface area contributed by atoms with Gasteiger partial charge in [0.2, 0.25) is 0 Å². The van der Waals surface area contributed by atoms with Gasteiger partial charge < -0.3 is 24.6 Å². The van der Waals surface area contributed by atoms with Gasteiger partial charge in [0.25, 0.3) is 0 Å². The standard InChI is InChI=1S/C14H19NO5/c1-18-11-6-13(20-3)12(19-2)5-9(11)10-4-8(7-15-10)14(16)17/h5-6,8,10,15H,4,7H2,1-3H3,(H,16,17).